The summed E-state index contributed by atoms with van der Waals surface area (Å²) in [6.07, 6.45) is 3.15. The number of nitrogens with one attached hydrogen (secondary N) is 3. The lowest BCUT2D eigenvalue weighted by molar-refractivity contribution is -0.241. The summed E-state index contributed by atoms with van der Waals surface area (Å²) in [5, 5.41) is 5.60. The number of methoxy groups -OCH3 is 1. The van der Waals surface area contributed by atoms with E-state index in [1.807, 2.05) is 6.92 Å². The lowest BCUT2D eigenvalue weighted by Gasteiger charge is -2.35. The number of amides is 3. The summed E-state index contributed by atoms with van der Waals surface area (Å²) in [6.45, 7) is 10.9. The lowest BCUT2D eigenvalue weighted by atomic mass is 9.86. The monoisotopic (exact) mass is 833 g/mol. The zero-order valence-corrected chi connectivity index (χ0v) is 35.3. The number of nitrogens with zero attached hydrogens (tertiary/aromatic N) is 1. The minimum absolute atomic E-state index is 0.0458. The van der Waals surface area contributed by atoms with Gasteiger partial charge in [0.25, 0.3) is 11.5 Å². The Morgan fingerprint density at radius 3 is 2.39 bits per heavy atom. The average Bonchev–Trinajstić information content (AvgIpc) is 3.63. The highest BCUT2D eigenvalue weighted by Crippen LogP contribution is 2.40. The van der Waals surface area contributed by atoms with Gasteiger partial charge < -0.3 is 49.5 Å². The number of primary amides is 1. The van der Waals surface area contributed by atoms with Crippen molar-refractivity contribution in [2.75, 3.05) is 7.11 Å². The van der Waals surface area contributed by atoms with Gasteiger partial charge in [0.15, 0.2) is 36.1 Å². The molecule has 4 aliphatic heterocycles. The normalized spacial score (nSPS) is 29.6. The molecule has 0 unspecified atom stereocenters. The molecule has 3 saturated heterocycles. The third kappa shape index (κ3) is 11.6. The Morgan fingerprint density at radius 2 is 1.73 bits per heavy atom. The van der Waals surface area contributed by atoms with Crippen LogP contribution in [-0.4, -0.2) is 101 Å². The quantitative estimate of drug-likeness (QED) is 0.116. The Hall–Kier alpha value is -4.10. The van der Waals surface area contributed by atoms with E-state index in [9.17, 15) is 28.8 Å². The predicted octanol–water partition coefficient (Wildman–Crippen LogP) is 2.72. The first-order chi connectivity index (χ1) is 27.9. The van der Waals surface area contributed by atoms with Gasteiger partial charge in [-0.1, -0.05) is 58.3 Å². The molecule has 0 bridgehead atoms. The molecule has 4 aliphatic rings. The van der Waals surface area contributed by atoms with Crippen molar-refractivity contribution in [3.63, 3.8) is 0 Å². The number of nitrogens with two attached hydrogens (primary N) is 1. The van der Waals surface area contributed by atoms with Crippen LogP contribution in [0, 0.1) is 5.41 Å². The number of carbonyl (C=O) groups excluding carboxylic acids is 4. The molecule has 0 saturated carbocycles. The van der Waals surface area contributed by atoms with Gasteiger partial charge in [-0.05, 0) is 66.4 Å². The number of fused-ring (bicyclic) bond motifs is 1. The molecule has 5 N–H and O–H groups in total. The Kier molecular flexibility index (Phi) is 15.6. The van der Waals surface area contributed by atoms with E-state index >= 15 is 0 Å². The first kappa shape index (κ1) is 46.0. The van der Waals surface area contributed by atoms with Crippen molar-refractivity contribution >= 4 is 23.7 Å². The number of unbranched alkanes of at least 4 members (excludes halogenated alkanes) is 7. The van der Waals surface area contributed by atoms with Crippen molar-refractivity contribution in [3.8, 4) is 0 Å². The summed E-state index contributed by atoms with van der Waals surface area (Å²) >= 11 is 0. The van der Waals surface area contributed by atoms with Crippen LogP contribution < -0.4 is 27.6 Å². The van der Waals surface area contributed by atoms with E-state index < -0.39 is 95.4 Å². The minimum Gasteiger partial charge on any atom is -0.456 e. The van der Waals surface area contributed by atoms with Crippen molar-refractivity contribution < 1.29 is 52.3 Å². The Bertz CT molecular complexity index is 1790. The molecule has 5 heterocycles. The van der Waals surface area contributed by atoms with Gasteiger partial charge >= 0.3 is 11.7 Å². The topological polar surface area (TPSA) is 238 Å². The van der Waals surface area contributed by atoms with Crippen molar-refractivity contribution in [2.45, 2.75) is 186 Å². The van der Waals surface area contributed by atoms with Crippen LogP contribution in [0.3, 0.4) is 0 Å². The number of hydrogen-bond donors (Lipinski definition) is 4. The van der Waals surface area contributed by atoms with E-state index in [2.05, 4.69) is 22.5 Å². The Balaban J connectivity index is 1.37. The molecule has 18 heteroatoms. The van der Waals surface area contributed by atoms with E-state index in [1.54, 1.807) is 27.7 Å². The van der Waals surface area contributed by atoms with Gasteiger partial charge in [0.2, 0.25) is 18.1 Å². The van der Waals surface area contributed by atoms with Gasteiger partial charge in [0, 0.05) is 25.4 Å². The number of H-pyrrole nitrogens is 1. The fourth-order valence-electron chi connectivity index (χ4n) is 8.00. The molecule has 59 heavy (non-hydrogen) atoms. The van der Waals surface area contributed by atoms with Crippen LogP contribution in [0.15, 0.2) is 33.7 Å². The highest BCUT2D eigenvalue weighted by atomic mass is 16.8. The maximum Gasteiger partial charge on any atom is 0.330 e. The van der Waals surface area contributed by atoms with Crippen LogP contribution in [0.2, 0.25) is 0 Å². The summed E-state index contributed by atoms with van der Waals surface area (Å²) in [6, 6.07) is 0.230. The number of aromatic nitrogens is 2. The fraction of sp³-hybridized carbons (Fsp3) is 0.756. The zero-order chi connectivity index (χ0) is 43.1. The summed E-state index contributed by atoms with van der Waals surface area (Å²) in [5.41, 5.74) is 3.48. The number of esters is 1. The van der Waals surface area contributed by atoms with Crippen molar-refractivity contribution in [2.24, 2.45) is 11.1 Å². The van der Waals surface area contributed by atoms with Crippen molar-refractivity contribution in [1.82, 2.24) is 20.2 Å². The average molecular weight is 834 g/mol. The molecule has 3 fully saturated rings. The molecule has 18 nitrogen and oxygen atoms in total. The number of ether oxygens (including phenoxy) is 7. The third-order valence-corrected chi connectivity index (χ3v) is 11.3. The van der Waals surface area contributed by atoms with Gasteiger partial charge in [-0.2, -0.15) is 0 Å². The second-order valence-corrected chi connectivity index (χ2v) is 17.1. The summed E-state index contributed by atoms with van der Waals surface area (Å²) < 4.78 is 43.8. The van der Waals surface area contributed by atoms with Crippen LogP contribution in [-0.2, 0) is 52.3 Å². The molecular weight excluding hydrogens is 770 g/mol. The Morgan fingerprint density at radius 1 is 1.03 bits per heavy atom. The molecular formula is C41H63N5O13. The van der Waals surface area contributed by atoms with Gasteiger partial charge in [-0.25, -0.2) is 4.79 Å². The lowest BCUT2D eigenvalue weighted by Crippen LogP contribution is -2.54. The molecule has 0 aromatic carbocycles. The number of carbonyl (C=O) groups is 4. The van der Waals surface area contributed by atoms with Crippen molar-refractivity contribution in [3.05, 3.63) is 44.9 Å². The first-order valence-electron chi connectivity index (χ1n) is 21.0. The predicted molar refractivity (Wildman–Crippen MR) is 211 cm³/mol. The number of rotatable bonds is 19. The van der Waals surface area contributed by atoms with E-state index in [-0.39, 0.29) is 17.7 Å². The van der Waals surface area contributed by atoms with E-state index in [0.717, 1.165) is 42.7 Å². The molecule has 0 spiro atoms. The highest BCUT2D eigenvalue weighted by molar-refractivity contribution is 5.95. The van der Waals surface area contributed by atoms with E-state index in [4.69, 9.17) is 38.9 Å². The standard InChI is InChI=1S/C41H63N5O13/c1-8-9-10-11-12-13-14-15-20-40(3,4)38(51)57-32-29(53-7)30(55-36(32)46-21-19-27(47)45-39(46)52)31(33(42)48)56-37-28-25(58-41(5,6)59-28)22-26(54-37)35(50)44-24-18-16-17-23(2)43-34(24)49/h19,21-25,28-32,36-37H,8-18,20H2,1-7H3,(H2,42,48)(H,43,49)(H,44,50)(H,45,47,52)/t23-,24+,25+,28+,29-,30+,31-,32-,36-,37-/m1/s1. The SMILES string of the molecule is CCCCCCCCCCC(C)(C)C(=O)O[C@@H]1[C@H](OC)[C@@H]([C@@H](O[C@H]2OC(C(=O)N[C@H]3CCC[C@@H](C)NC3=O)=C[C@@H]3OC(C)(C)O[C@H]23)C(N)=O)O[C@H]1n1ccc(=O)[nH]c1=O. The highest BCUT2D eigenvalue weighted by Gasteiger charge is 2.57. The van der Waals surface area contributed by atoms with E-state index in [1.165, 1.54) is 45.1 Å². The largest absolute Gasteiger partial charge is 0.456 e. The zero-order valence-electron chi connectivity index (χ0n) is 35.3. The van der Waals surface area contributed by atoms with E-state index in [0.29, 0.717) is 19.3 Å². The molecule has 3 amide bonds. The summed E-state index contributed by atoms with van der Waals surface area (Å²) in [5.74, 6) is -4.10. The molecule has 1 aromatic rings. The second kappa shape index (κ2) is 20.0. The number of aromatic amines is 1. The van der Waals surface area contributed by atoms with Crippen LogP contribution >= 0.6 is 0 Å². The van der Waals surface area contributed by atoms with Crippen LogP contribution in [0.5, 0.6) is 0 Å². The van der Waals surface area contributed by atoms with Gasteiger partial charge in [-0.15, -0.1) is 0 Å². The summed E-state index contributed by atoms with van der Waals surface area (Å²) in [7, 11) is 1.31. The fourth-order valence-corrected chi connectivity index (χ4v) is 8.00. The maximum atomic E-state index is 13.9. The summed E-state index contributed by atoms with van der Waals surface area (Å²) in [4.78, 5) is 81.1. The first-order valence-corrected chi connectivity index (χ1v) is 21.0. The Labute approximate surface area is 344 Å². The maximum absolute atomic E-state index is 13.9. The molecule has 0 aliphatic carbocycles. The third-order valence-electron chi connectivity index (χ3n) is 11.3. The molecule has 1 aromatic heterocycles. The van der Waals surface area contributed by atoms with Crippen molar-refractivity contribution in [1.29, 1.82) is 0 Å². The van der Waals surface area contributed by atoms with Gasteiger partial charge in [0.05, 0.1) is 5.41 Å². The van der Waals surface area contributed by atoms with Crippen LogP contribution in [0.4, 0.5) is 0 Å². The molecule has 0 radical (unpaired) electrons. The van der Waals surface area contributed by atoms with Crippen LogP contribution in [0.1, 0.15) is 125 Å². The second-order valence-electron chi connectivity index (χ2n) is 17.1. The minimum atomic E-state index is -1.72. The molecule has 10 atom stereocenters. The van der Waals surface area contributed by atoms with Crippen LogP contribution in [0.25, 0.3) is 0 Å². The smallest absolute Gasteiger partial charge is 0.330 e. The van der Waals surface area contributed by atoms with Gasteiger partial charge in [-0.3, -0.25) is 33.5 Å². The molecule has 5 rings (SSSR count). The number of hydrogen-bond acceptors (Lipinski definition) is 13. The van der Waals surface area contributed by atoms with Gasteiger partial charge in [0.1, 0.15) is 24.4 Å². The molecule has 330 valence electrons.